The van der Waals surface area contributed by atoms with Crippen LogP contribution < -0.4 is 0 Å². The van der Waals surface area contributed by atoms with E-state index in [0.29, 0.717) is 12.8 Å². The second kappa shape index (κ2) is 7.76. The van der Waals surface area contributed by atoms with Crippen LogP contribution in [-0.4, -0.2) is 38.2 Å². The maximum absolute atomic E-state index is 12.3. The molecule has 1 aromatic carbocycles. The molecule has 0 heterocycles. The summed E-state index contributed by atoms with van der Waals surface area (Å²) in [5.74, 6) is -2.77. The molecule has 23 heavy (non-hydrogen) atoms. The van der Waals surface area contributed by atoms with Crippen molar-refractivity contribution in [2.45, 2.75) is 25.4 Å². The monoisotopic (exact) mass is 320 g/mol. The average molecular weight is 320 g/mol. The molecule has 1 aliphatic carbocycles. The van der Waals surface area contributed by atoms with Crippen molar-refractivity contribution in [2.75, 3.05) is 14.2 Å². The van der Waals surface area contributed by atoms with Gasteiger partial charge < -0.3 is 14.2 Å². The lowest BCUT2D eigenvalue weighted by atomic mass is 9.82. The highest BCUT2D eigenvalue weighted by molar-refractivity contribution is 5.95. The Labute approximate surface area is 134 Å². The van der Waals surface area contributed by atoms with Gasteiger partial charge in [-0.2, -0.15) is 0 Å². The van der Waals surface area contributed by atoms with E-state index in [1.807, 2.05) is 30.3 Å². The van der Waals surface area contributed by atoms with Gasteiger partial charge in [-0.1, -0.05) is 30.3 Å². The molecule has 1 aromatic rings. The van der Waals surface area contributed by atoms with Gasteiger partial charge in [-0.05, 0) is 24.8 Å². The Balaban J connectivity index is 1.93. The van der Waals surface area contributed by atoms with E-state index < -0.39 is 17.9 Å². The van der Waals surface area contributed by atoms with Crippen molar-refractivity contribution in [3.8, 4) is 0 Å². The van der Waals surface area contributed by atoms with E-state index in [1.165, 1.54) is 14.2 Å². The minimum absolute atomic E-state index is 0.222. The quantitative estimate of drug-likeness (QED) is 0.449. The fourth-order valence-corrected chi connectivity index (χ4v) is 2.52. The molecule has 6 heteroatoms. The van der Waals surface area contributed by atoms with E-state index in [9.17, 15) is 14.4 Å². The summed E-state index contributed by atoms with van der Waals surface area (Å²) in [4.78, 5) is 35.4. The zero-order valence-corrected chi connectivity index (χ0v) is 13.2. The highest BCUT2D eigenvalue weighted by atomic mass is 16.6. The van der Waals surface area contributed by atoms with Gasteiger partial charge in [-0.15, -0.1) is 0 Å². The van der Waals surface area contributed by atoms with Crippen LogP contribution in [0.2, 0.25) is 0 Å². The largest absolute Gasteiger partial charge is 0.469 e. The summed E-state index contributed by atoms with van der Waals surface area (Å²) >= 11 is 0. The number of hydrogen-bond donors (Lipinski definition) is 0. The van der Waals surface area contributed by atoms with Crippen molar-refractivity contribution >= 4 is 17.9 Å². The van der Waals surface area contributed by atoms with Crippen molar-refractivity contribution < 1.29 is 28.6 Å². The summed E-state index contributed by atoms with van der Waals surface area (Å²) in [6.45, 7) is 0. The van der Waals surface area contributed by atoms with Crippen molar-refractivity contribution in [1.29, 1.82) is 0 Å². The van der Waals surface area contributed by atoms with Gasteiger partial charge in [0.1, 0.15) is 6.10 Å². The highest BCUT2D eigenvalue weighted by Crippen LogP contribution is 2.31. The van der Waals surface area contributed by atoms with Crippen LogP contribution in [0.15, 0.2) is 30.3 Å². The van der Waals surface area contributed by atoms with E-state index in [-0.39, 0.29) is 24.4 Å². The van der Waals surface area contributed by atoms with Gasteiger partial charge in [0.15, 0.2) is 5.92 Å². The van der Waals surface area contributed by atoms with E-state index in [4.69, 9.17) is 9.47 Å². The zero-order valence-electron chi connectivity index (χ0n) is 13.2. The minimum Gasteiger partial charge on any atom is -0.469 e. The van der Waals surface area contributed by atoms with Gasteiger partial charge >= 0.3 is 17.9 Å². The van der Waals surface area contributed by atoms with Crippen LogP contribution in [0, 0.1) is 11.8 Å². The summed E-state index contributed by atoms with van der Waals surface area (Å²) in [6, 6.07) is 9.19. The lowest BCUT2D eigenvalue weighted by Gasteiger charge is -2.33. The lowest BCUT2D eigenvalue weighted by Crippen LogP contribution is -2.41. The topological polar surface area (TPSA) is 78.9 Å². The number of benzene rings is 1. The molecule has 1 aliphatic rings. The third kappa shape index (κ3) is 4.31. The molecule has 0 amide bonds. The van der Waals surface area contributed by atoms with Crippen molar-refractivity contribution in [1.82, 2.24) is 0 Å². The summed E-state index contributed by atoms with van der Waals surface area (Å²) in [5, 5.41) is 0. The normalized spacial score (nSPS) is 20.8. The molecule has 0 spiro atoms. The average Bonchev–Trinajstić information content (AvgIpc) is 2.54. The number of esters is 3. The van der Waals surface area contributed by atoms with Crippen LogP contribution >= 0.6 is 0 Å². The maximum Gasteiger partial charge on any atom is 0.320 e. The predicted molar refractivity (Wildman–Crippen MR) is 80.3 cm³/mol. The number of methoxy groups -OCH3 is 2. The number of hydrogen-bond acceptors (Lipinski definition) is 6. The number of carbonyl (C=O) groups excluding carboxylic acids is 3. The molecular formula is C17H20O6. The van der Waals surface area contributed by atoms with Gasteiger partial charge in [-0.3, -0.25) is 14.4 Å². The van der Waals surface area contributed by atoms with Crippen molar-refractivity contribution in [3.05, 3.63) is 35.9 Å². The van der Waals surface area contributed by atoms with Gasteiger partial charge in [0.25, 0.3) is 0 Å². The molecule has 0 radical (unpaired) electrons. The number of rotatable bonds is 6. The van der Waals surface area contributed by atoms with Crippen molar-refractivity contribution in [3.63, 3.8) is 0 Å². The molecule has 1 unspecified atom stereocenters. The fourth-order valence-electron chi connectivity index (χ4n) is 2.52. The summed E-state index contributed by atoms with van der Waals surface area (Å²) in [5.41, 5.74) is 0.848. The molecule has 0 aromatic heterocycles. The predicted octanol–water partition coefficient (Wildman–Crippen LogP) is 1.51. The summed E-state index contributed by atoms with van der Waals surface area (Å²) in [6.07, 6.45) is 0.726. The van der Waals surface area contributed by atoms with Crippen molar-refractivity contribution in [2.24, 2.45) is 11.8 Å². The standard InChI is InChI=1S/C17H20O6/c1-21-15(18)12-9-13(10-12)23-17(20)14(16(19)22-2)8-11-6-4-3-5-7-11/h3-7,12-14H,8-10H2,1-2H3. The van der Waals surface area contributed by atoms with Crippen LogP contribution in [-0.2, 0) is 35.0 Å². The lowest BCUT2D eigenvalue weighted by molar-refractivity contribution is -0.173. The van der Waals surface area contributed by atoms with E-state index in [2.05, 4.69) is 4.74 Å². The van der Waals surface area contributed by atoms with Crippen LogP contribution in [0.5, 0.6) is 0 Å². The SMILES string of the molecule is COC(=O)C1CC(OC(=O)C(Cc2ccccc2)C(=O)OC)C1. The number of carbonyl (C=O) groups is 3. The van der Waals surface area contributed by atoms with Gasteiger partial charge in [-0.25, -0.2) is 0 Å². The molecule has 0 N–H and O–H groups in total. The molecule has 1 saturated carbocycles. The van der Waals surface area contributed by atoms with Gasteiger partial charge in [0.2, 0.25) is 0 Å². The zero-order chi connectivity index (χ0) is 16.8. The van der Waals surface area contributed by atoms with Crippen LogP contribution in [0.1, 0.15) is 18.4 Å². The molecule has 124 valence electrons. The molecule has 6 nitrogen and oxygen atoms in total. The molecular weight excluding hydrogens is 300 g/mol. The first kappa shape index (κ1) is 17.0. The fraction of sp³-hybridized carbons (Fsp3) is 0.471. The van der Waals surface area contributed by atoms with Gasteiger partial charge in [0, 0.05) is 0 Å². The molecule has 1 fully saturated rings. The van der Waals surface area contributed by atoms with Crippen LogP contribution in [0.4, 0.5) is 0 Å². The molecule has 1 atom stereocenters. The van der Waals surface area contributed by atoms with Crippen LogP contribution in [0.25, 0.3) is 0 Å². The smallest absolute Gasteiger partial charge is 0.320 e. The Morgan fingerprint density at radius 1 is 1.04 bits per heavy atom. The maximum atomic E-state index is 12.3. The Hall–Kier alpha value is -2.37. The van der Waals surface area contributed by atoms with E-state index in [1.54, 1.807) is 0 Å². The second-order valence-corrected chi connectivity index (χ2v) is 5.52. The van der Waals surface area contributed by atoms with Crippen LogP contribution in [0.3, 0.4) is 0 Å². The highest BCUT2D eigenvalue weighted by Gasteiger charge is 2.40. The molecule has 0 saturated heterocycles. The minimum atomic E-state index is -1.00. The number of ether oxygens (including phenoxy) is 3. The van der Waals surface area contributed by atoms with E-state index in [0.717, 1.165) is 5.56 Å². The third-order valence-corrected chi connectivity index (χ3v) is 3.97. The second-order valence-electron chi connectivity index (χ2n) is 5.52. The Bertz CT molecular complexity index is 562. The first-order valence-electron chi connectivity index (χ1n) is 7.45. The summed E-state index contributed by atoms with van der Waals surface area (Å²) in [7, 11) is 2.57. The Morgan fingerprint density at radius 2 is 1.70 bits per heavy atom. The molecule has 0 aliphatic heterocycles. The molecule has 2 rings (SSSR count). The Morgan fingerprint density at radius 3 is 2.26 bits per heavy atom. The molecule has 0 bridgehead atoms. The van der Waals surface area contributed by atoms with E-state index >= 15 is 0 Å². The Kier molecular flexibility index (Phi) is 5.73. The first-order valence-corrected chi connectivity index (χ1v) is 7.45. The summed E-state index contributed by atoms with van der Waals surface area (Å²) < 4.78 is 14.7. The first-order chi connectivity index (χ1) is 11.0. The third-order valence-electron chi connectivity index (χ3n) is 3.97. The van der Waals surface area contributed by atoms with Gasteiger partial charge in [0.05, 0.1) is 20.1 Å².